The summed E-state index contributed by atoms with van der Waals surface area (Å²) in [5.41, 5.74) is 0. The van der Waals surface area contributed by atoms with Gasteiger partial charge in [0.15, 0.2) is 0 Å². The van der Waals surface area contributed by atoms with Crippen molar-refractivity contribution in [2.75, 3.05) is 0 Å². The average molecular weight is 168 g/mol. The minimum absolute atomic E-state index is 0.187. The molecule has 0 saturated carbocycles. The Bertz CT molecular complexity index is 204. The summed E-state index contributed by atoms with van der Waals surface area (Å²) in [6.07, 6.45) is 7.13. The number of hydrogen-bond acceptors (Lipinski definition) is 1. The van der Waals surface area contributed by atoms with Crippen LogP contribution in [0.1, 0.15) is 27.2 Å². The highest BCUT2D eigenvalue weighted by Crippen LogP contribution is 2.26. The highest BCUT2D eigenvalue weighted by molar-refractivity contribution is 6.37. The molecule has 1 heterocycles. The van der Waals surface area contributed by atoms with Crippen LogP contribution in [0.15, 0.2) is 18.7 Å². The quantitative estimate of drug-likeness (QED) is 0.624. The first-order chi connectivity index (χ1) is 5.14. The zero-order valence-corrected chi connectivity index (χ0v) is 8.95. The molecule has 0 fully saturated rings. The third-order valence-corrected chi connectivity index (χ3v) is 4.22. The molecular weight excluding hydrogens is 152 g/mol. The van der Waals surface area contributed by atoms with Crippen molar-refractivity contribution < 1.29 is 0 Å². The van der Waals surface area contributed by atoms with Gasteiger partial charge in [-0.05, 0) is 5.04 Å². The molecular formula is C8H16N2Si. The molecule has 1 aromatic heterocycles. The molecule has 0 aliphatic rings. The van der Waals surface area contributed by atoms with Crippen LogP contribution in [-0.2, 0) is 0 Å². The van der Waals surface area contributed by atoms with Crippen molar-refractivity contribution in [2.24, 2.45) is 0 Å². The summed E-state index contributed by atoms with van der Waals surface area (Å²) in [7, 11) is -0.187. The summed E-state index contributed by atoms with van der Waals surface area (Å²) in [6.45, 7) is 6.92. The maximum atomic E-state index is 4.04. The second-order valence-electron chi connectivity index (χ2n) is 3.75. The van der Waals surface area contributed by atoms with E-state index in [1.54, 1.807) is 0 Å². The van der Waals surface area contributed by atoms with E-state index in [0.29, 0.717) is 5.04 Å². The second-order valence-corrected chi connectivity index (χ2v) is 6.71. The summed E-state index contributed by atoms with van der Waals surface area (Å²) in [6, 6.07) is 0. The van der Waals surface area contributed by atoms with Gasteiger partial charge < -0.3 is 4.23 Å². The van der Waals surface area contributed by atoms with Crippen molar-refractivity contribution in [1.82, 2.24) is 9.22 Å². The van der Waals surface area contributed by atoms with Crippen molar-refractivity contribution in [1.29, 1.82) is 0 Å². The molecule has 0 amide bonds. The van der Waals surface area contributed by atoms with Gasteiger partial charge >= 0.3 is 0 Å². The lowest BCUT2D eigenvalue weighted by Crippen LogP contribution is -2.18. The molecule has 0 N–H and O–H groups in total. The lowest BCUT2D eigenvalue weighted by Gasteiger charge is -2.21. The van der Waals surface area contributed by atoms with Crippen molar-refractivity contribution in [3.63, 3.8) is 0 Å². The predicted molar refractivity (Wildman–Crippen MR) is 50.5 cm³/mol. The highest BCUT2D eigenvalue weighted by atomic mass is 28.2. The zero-order valence-electron chi connectivity index (χ0n) is 7.54. The molecule has 0 aliphatic carbocycles. The third-order valence-electron chi connectivity index (χ3n) is 2.13. The molecule has 62 valence electrons. The smallest absolute Gasteiger partial charge is 0.136 e. The zero-order chi connectivity index (χ0) is 8.32. The molecule has 0 saturated heterocycles. The van der Waals surface area contributed by atoms with Crippen LogP contribution in [0.3, 0.4) is 0 Å². The molecule has 0 unspecified atom stereocenters. The Morgan fingerprint density at radius 1 is 1.55 bits per heavy atom. The Kier molecular flexibility index (Phi) is 2.49. The van der Waals surface area contributed by atoms with E-state index in [0.717, 1.165) is 0 Å². The van der Waals surface area contributed by atoms with Crippen LogP contribution in [0, 0.1) is 0 Å². The van der Waals surface area contributed by atoms with Gasteiger partial charge in [0, 0.05) is 12.4 Å². The van der Waals surface area contributed by atoms with Crippen molar-refractivity contribution in [3.8, 4) is 0 Å². The van der Waals surface area contributed by atoms with E-state index in [4.69, 9.17) is 0 Å². The lowest BCUT2D eigenvalue weighted by atomic mass is 10.1. The molecule has 0 radical (unpaired) electrons. The maximum Gasteiger partial charge on any atom is 0.136 e. The van der Waals surface area contributed by atoms with Gasteiger partial charge in [-0.1, -0.05) is 27.2 Å². The molecule has 0 atom stereocenters. The third kappa shape index (κ3) is 2.50. The first kappa shape index (κ1) is 8.52. The van der Waals surface area contributed by atoms with Gasteiger partial charge in [0.1, 0.15) is 9.68 Å². The monoisotopic (exact) mass is 168 g/mol. The summed E-state index contributed by atoms with van der Waals surface area (Å²) < 4.78 is 2.27. The van der Waals surface area contributed by atoms with E-state index in [1.807, 2.05) is 12.5 Å². The number of hydrogen-bond donors (Lipinski definition) is 0. The van der Waals surface area contributed by atoms with Crippen LogP contribution >= 0.6 is 0 Å². The van der Waals surface area contributed by atoms with Gasteiger partial charge in [-0.15, -0.1) is 0 Å². The van der Waals surface area contributed by atoms with E-state index in [2.05, 4.69) is 36.2 Å². The van der Waals surface area contributed by atoms with E-state index in [1.165, 1.54) is 6.42 Å². The van der Waals surface area contributed by atoms with Gasteiger partial charge in [-0.2, -0.15) is 0 Å². The van der Waals surface area contributed by atoms with Gasteiger partial charge in [0.25, 0.3) is 0 Å². The van der Waals surface area contributed by atoms with Crippen LogP contribution in [0.25, 0.3) is 0 Å². The van der Waals surface area contributed by atoms with E-state index >= 15 is 0 Å². The van der Waals surface area contributed by atoms with Gasteiger partial charge in [-0.3, -0.25) is 0 Å². The minimum atomic E-state index is -0.187. The minimum Gasteiger partial charge on any atom is -0.370 e. The normalized spacial score (nSPS) is 13.0. The van der Waals surface area contributed by atoms with Crippen LogP contribution in [-0.4, -0.2) is 18.9 Å². The molecule has 0 bridgehead atoms. The summed E-state index contributed by atoms with van der Waals surface area (Å²) in [5, 5.41) is 0.528. The van der Waals surface area contributed by atoms with Crippen LogP contribution in [0.4, 0.5) is 0 Å². The number of aromatic nitrogens is 2. The molecule has 0 aliphatic heterocycles. The van der Waals surface area contributed by atoms with E-state index in [-0.39, 0.29) is 9.68 Å². The fraction of sp³-hybridized carbons (Fsp3) is 0.625. The van der Waals surface area contributed by atoms with Crippen molar-refractivity contribution in [3.05, 3.63) is 18.7 Å². The van der Waals surface area contributed by atoms with Crippen molar-refractivity contribution >= 4 is 9.68 Å². The Morgan fingerprint density at radius 2 is 2.27 bits per heavy atom. The van der Waals surface area contributed by atoms with Crippen LogP contribution in [0.5, 0.6) is 0 Å². The SMILES string of the molecule is CCC(C)(C)[SiH2]n1ccnc1. The Balaban J connectivity index is 2.56. The molecule has 0 spiro atoms. The van der Waals surface area contributed by atoms with Gasteiger partial charge in [0.05, 0.1) is 6.33 Å². The fourth-order valence-electron chi connectivity index (χ4n) is 0.986. The van der Waals surface area contributed by atoms with Crippen LogP contribution < -0.4 is 0 Å². The fourth-order valence-corrected chi connectivity index (χ4v) is 2.57. The topological polar surface area (TPSA) is 17.8 Å². The van der Waals surface area contributed by atoms with E-state index < -0.39 is 0 Å². The molecule has 0 aromatic carbocycles. The average Bonchev–Trinajstić information content (AvgIpc) is 2.39. The Morgan fingerprint density at radius 3 is 2.73 bits per heavy atom. The number of imidazole rings is 1. The lowest BCUT2D eigenvalue weighted by molar-refractivity contribution is 0.634. The number of rotatable bonds is 3. The summed E-state index contributed by atoms with van der Waals surface area (Å²) in [4.78, 5) is 4.04. The Labute approximate surface area is 70.5 Å². The number of nitrogens with zero attached hydrogens (tertiary/aromatic N) is 2. The summed E-state index contributed by atoms with van der Waals surface area (Å²) >= 11 is 0. The molecule has 11 heavy (non-hydrogen) atoms. The largest absolute Gasteiger partial charge is 0.370 e. The van der Waals surface area contributed by atoms with Crippen molar-refractivity contribution in [2.45, 2.75) is 32.2 Å². The van der Waals surface area contributed by atoms with E-state index in [9.17, 15) is 0 Å². The molecule has 2 nitrogen and oxygen atoms in total. The Hall–Kier alpha value is -0.573. The standard InChI is InChI=1S/C8H16N2Si/c1-4-8(2,3)11-10-6-5-9-7-10/h5-7H,4,11H2,1-3H3. The van der Waals surface area contributed by atoms with Gasteiger partial charge in [-0.25, -0.2) is 4.98 Å². The molecule has 3 heteroatoms. The summed E-state index contributed by atoms with van der Waals surface area (Å²) in [5.74, 6) is 0. The highest BCUT2D eigenvalue weighted by Gasteiger charge is 2.15. The predicted octanol–water partition coefficient (Wildman–Crippen LogP) is 1.42. The molecule has 1 rings (SSSR count). The first-order valence-corrected chi connectivity index (χ1v) is 5.44. The van der Waals surface area contributed by atoms with Crippen LogP contribution in [0.2, 0.25) is 5.04 Å². The first-order valence-electron chi connectivity index (χ1n) is 4.10. The maximum absolute atomic E-state index is 4.04. The molecule has 1 aromatic rings. The van der Waals surface area contributed by atoms with Gasteiger partial charge in [0.2, 0.25) is 0 Å². The second kappa shape index (κ2) is 3.22.